The highest BCUT2D eigenvalue weighted by Crippen LogP contribution is 2.18. The van der Waals surface area contributed by atoms with Gasteiger partial charge in [-0.25, -0.2) is 13.2 Å². The fourth-order valence-corrected chi connectivity index (χ4v) is 3.21. The predicted molar refractivity (Wildman–Crippen MR) is 99.5 cm³/mol. The van der Waals surface area contributed by atoms with Crippen LogP contribution in [0, 0.1) is 0 Å². The largest absolute Gasteiger partial charge is 0.332 e. The third kappa shape index (κ3) is 5.47. The number of carbonyl (C=O) groups excluding carboxylic acids is 1. The van der Waals surface area contributed by atoms with Crippen LogP contribution in [0.4, 0.5) is 4.79 Å². The lowest BCUT2D eigenvalue weighted by molar-refractivity contribution is 0.235. The Labute approximate surface area is 153 Å². The van der Waals surface area contributed by atoms with E-state index in [1.54, 1.807) is 24.3 Å². The van der Waals surface area contributed by atoms with Crippen LogP contribution in [0.1, 0.15) is 37.1 Å². The van der Waals surface area contributed by atoms with E-state index < -0.39 is 9.84 Å². The predicted octanol–water partition coefficient (Wildman–Crippen LogP) is 3.86. The average Bonchev–Trinajstić information content (AvgIpc) is 2.54. The molecule has 2 amide bonds. The Morgan fingerprint density at radius 1 is 0.960 bits per heavy atom. The van der Waals surface area contributed by atoms with E-state index in [1.165, 1.54) is 12.1 Å². The van der Waals surface area contributed by atoms with Gasteiger partial charge >= 0.3 is 6.03 Å². The van der Waals surface area contributed by atoms with Crippen molar-refractivity contribution in [2.75, 3.05) is 6.26 Å². The summed E-state index contributed by atoms with van der Waals surface area (Å²) in [6.07, 6.45) is 1.16. The molecule has 25 heavy (non-hydrogen) atoms. The quantitative estimate of drug-likeness (QED) is 0.826. The number of benzene rings is 2. The van der Waals surface area contributed by atoms with E-state index in [1.807, 2.05) is 26.0 Å². The molecule has 0 spiro atoms. The van der Waals surface area contributed by atoms with Crippen molar-refractivity contribution in [2.45, 2.75) is 30.8 Å². The summed E-state index contributed by atoms with van der Waals surface area (Å²) in [7, 11) is -3.23. The van der Waals surface area contributed by atoms with Crippen LogP contribution in [0.25, 0.3) is 0 Å². The van der Waals surface area contributed by atoms with Gasteiger partial charge in [0.2, 0.25) is 0 Å². The minimum atomic E-state index is -3.23. The lowest BCUT2D eigenvalue weighted by Crippen LogP contribution is -2.38. The Bertz CT molecular complexity index is 851. The molecule has 0 saturated heterocycles. The van der Waals surface area contributed by atoms with Crippen LogP contribution in [0.5, 0.6) is 0 Å². The van der Waals surface area contributed by atoms with Crippen LogP contribution in [0.3, 0.4) is 0 Å². The Morgan fingerprint density at radius 3 is 2.04 bits per heavy atom. The first-order valence-corrected chi connectivity index (χ1v) is 10.1. The molecule has 0 aliphatic rings. The lowest BCUT2D eigenvalue weighted by Gasteiger charge is -2.19. The highest BCUT2D eigenvalue weighted by molar-refractivity contribution is 7.90. The number of amides is 2. The first kappa shape index (κ1) is 19.3. The molecule has 2 rings (SSSR count). The fraction of sp³-hybridized carbons (Fsp3) is 0.278. The van der Waals surface area contributed by atoms with Crippen LogP contribution in [-0.2, 0) is 9.84 Å². The van der Waals surface area contributed by atoms with Crippen LogP contribution < -0.4 is 10.6 Å². The van der Waals surface area contributed by atoms with Crippen molar-refractivity contribution in [3.63, 3.8) is 0 Å². The van der Waals surface area contributed by atoms with Crippen LogP contribution >= 0.6 is 11.6 Å². The Hall–Kier alpha value is -2.05. The molecule has 0 aliphatic heterocycles. The van der Waals surface area contributed by atoms with Crippen LogP contribution in [0.2, 0.25) is 5.02 Å². The average molecular weight is 381 g/mol. The first-order valence-electron chi connectivity index (χ1n) is 7.79. The molecular weight excluding hydrogens is 360 g/mol. The van der Waals surface area contributed by atoms with Gasteiger partial charge in [-0.15, -0.1) is 0 Å². The van der Waals surface area contributed by atoms with E-state index in [-0.39, 0.29) is 23.0 Å². The van der Waals surface area contributed by atoms with Crippen LogP contribution in [0.15, 0.2) is 53.4 Å². The van der Waals surface area contributed by atoms with Crippen molar-refractivity contribution in [1.29, 1.82) is 0 Å². The van der Waals surface area contributed by atoms with E-state index in [0.717, 1.165) is 17.4 Å². The second-order valence-corrected chi connectivity index (χ2v) is 8.41. The van der Waals surface area contributed by atoms with E-state index in [9.17, 15) is 13.2 Å². The molecule has 2 atom stereocenters. The summed E-state index contributed by atoms with van der Waals surface area (Å²) in [6, 6.07) is 13.0. The van der Waals surface area contributed by atoms with Gasteiger partial charge in [-0.2, -0.15) is 0 Å². The van der Waals surface area contributed by atoms with Gasteiger partial charge in [0, 0.05) is 11.3 Å². The smallest absolute Gasteiger partial charge is 0.315 e. The number of rotatable bonds is 5. The molecular formula is C18H21ClN2O3S. The zero-order chi connectivity index (χ0) is 18.6. The van der Waals surface area contributed by atoms with Crippen molar-refractivity contribution in [3.8, 4) is 0 Å². The van der Waals surface area contributed by atoms with E-state index in [4.69, 9.17) is 11.6 Å². The van der Waals surface area contributed by atoms with Gasteiger partial charge in [-0.1, -0.05) is 35.9 Å². The molecule has 2 aromatic carbocycles. The highest BCUT2D eigenvalue weighted by atomic mass is 35.5. The number of halogens is 1. The topological polar surface area (TPSA) is 75.3 Å². The van der Waals surface area contributed by atoms with Gasteiger partial charge in [0.05, 0.1) is 17.0 Å². The summed E-state index contributed by atoms with van der Waals surface area (Å²) in [6.45, 7) is 3.70. The minimum absolute atomic E-state index is 0.196. The molecule has 0 heterocycles. The van der Waals surface area contributed by atoms with Gasteiger partial charge in [0.1, 0.15) is 0 Å². The Morgan fingerprint density at radius 2 is 1.52 bits per heavy atom. The van der Waals surface area contributed by atoms with Gasteiger partial charge in [0.25, 0.3) is 0 Å². The second-order valence-electron chi connectivity index (χ2n) is 5.96. The molecule has 0 aliphatic carbocycles. The van der Waals surface area contributed by atoms with Crippen LogP contribution in [-0.4, -0.2) is 20.7 Å². The van der Waals surface area contributed by atoms with Gasteiger partial charge in [0.15, 0.2) is 9.84 Å². The third-order valence-corrected chi connectivity index (χ3v) is 5.22. The zero-order valence-corrected chi connectivity index (χ0v) is 15.9. The molecule has 7 heteroatoms. The molecule has 0 fully saturated rings. The number of carbonyl (C=O) groups is 1. The summed E-state index contributed by atoms with van der Waals surface area (Å²) < 4.78 is 23.0. The van der Waals surface area contributed by atoms with E-state index in [0.29, 0.717) is 5.02 Å². The molecule has 0 aromatic heterocycles. The zero-order valence-electron chi connectivity index (χ0n) is 14.3. The maximum absolute atomic E-state index is 12.2. The van der Waals surface area contributed by atoms with Gasteiger partial charge in [-0.05, 0) is 49.2 Å². The Kier molecular flexibility index (Phi) is 6.08. The number of hydrogen-bond donors (Lipinski definition) is 2. The molecule has 2 unspecified atom stereocenters. The molecule has 2 N–H and O–H groups in total. The number of nitrogens with one attached hydrogen (secondary N) is 2. The van der Waals surface area contributed by atoms with E-state index in [2.05, 4.69) is 10.6 Å². The monoisotopic (exact) mass is 380 g/mol. The van der Waals surface area contributed by atoms with Crippen molar-refractivity contribution < 1.29 is 13.2 Å². The third-order valence-electron chi connectivity index (χ3n) is 3.85. The lowest BCUT2D eigenvalue weighted by atomic mass is 10.1. The summed E-state index contributed by atoms with van der Waals surface area (Å²) in [5, 5.41) is 6.31. The minimum Gasteiger partial charge on any atom is -0.332 e. The van der Waals surface area contributed by atoms with Crippen molar-refractivity contribution in [2.24, 2.45) is 0 Å². The molecule has 2 aromatic rings. The summed E-state index contributed by atoms with van der Waals surface area (Å²) in [4.78, 5) is 12.4. The molecule has 0 saturated carbocycles. The molecule has 0 radical (unpaired) electrons. The number of urea groups is 1. The summed E-state index contributed by atoms with van der Waals surface area (Å²) in [5.74, 6) is 0. The highest BCUT2D eigenvalue weighted by Gasteiger charge is 2.14. The maximum atomic E-state index is 12.2. The van der Waals surface area contributed by atoms with Crippen molar-refractivity contribution >= 4 is 27.5 Å². The first-order chi connectivity index (χ1) is 11.7. The fourth-order valence-electron chi connectivity index (χ4n) is 2.38. The SMILES string of the molecule is CC(NC(=O)NC(C)c1cccc(Cl)c1)c1ccc(S(C)(=O)=O)cc1. The van der Waals surface area contributed by atoms with Gasteiger partial charge < -0.3 is 10.6 Å². The number of sulfone groups is 1. The Balaban J connectivity index is 1.98. The molecule has 134 valence electrons. The summed E-state index contributed by atoms with van der Waals surface area (Å²) >= 11 is 5.96. The molecule has 5 nitrogen and oxygen atoms in total. The number of hydrogen-bond acceptors (Lipinski definition) is 3. The van der Waals surface area contributed by atoms with Crippen molar-refractivity contribution in [1.82, 2.24) is 10.6 Å². The standard InChI is InChI=1S/C18H21ClN2O3S/c1-12(14-7-9-17(10-8-14)25(3,23)24)20-18(22)21-13(2)15-5-4-6-16(19)11-15/h4-13H,1-3H3,(H2,20,21,22). The van der Waals surface area contributed by atoms with Gasteiger partial charge in [-0.3, -0.25) is 0 Å². The second kappa shape index (κ2) is 7.89. The van der Waals surface area contributed by atoms with Crippen molar-refractivity contribution in [3.05, 3.63) is 64.7 Å². The maximum Gasteiger partial charge on any atom is 0.315 e. The van der Waals surface area contributed by atoms with E-state index >= 15 is 0 Å². The molecule has 0 bridgehead atoms. The normalized spacial score (nSPS) is 13.8. The summed E-state index contributed by atoms with van der Waals surface area (Å²) in [5.41, 5.74) is 1.73.